The van der Waals surface area contributed by atoms with Crippen molar-refractivity contribution in [1.29, 1.82) is 0 Å². The second-order valence-corrected chi connectivity index (χ2v) is 9.52. The molecule has 2 saturated carbocycles. The van der Waals surface area contributed by atoms with Crippen LogP contribution in [0.15, 0.2) is 48.9 Å². The maximum Gasteiger partial charge on any atom is 0.417 e. The third kappa shape index (κ3) is 3.45. The Balaban J connectivity index is 1.28. The number of carbonyl (C=O) groups excluding carboxylic acids is 1. The van der Waals surface area contributed by atoms with Crippen molar-refractivity contribution in [2.75, 3.05) is 6.54 Å². The van der Waals surface area contributed by atoms with Crippen LogP contribution in [0.5, 0.6) is 5.88 Å². The van der Waals surface area contributed by atoms with Gasteiger partial charge in [-0.2, -0.15) is 13.2 Å². The predicted molar refractivity (Wildman–Crippen MR) is 116 cm³/mol. The molecule has 6 nitrogen and oxygen atoms in total. The van der Waals surface area contributed by atoms with Crippen LogP contribution in [0, 0.1) is 24.1 Å². The molecule has 2 aliphatic carbocycles. The van der Waals surface area contributed by atoms with Crippen LogP contribution in [-0.4, -0.2) is 44.4 Å². The molecule has 6 rings (SSSR count). The number of aryl methyl sites for hydroxylation is 1. The minimum absolute atomic E-state index is 0.00489. The van der Waals surface area contributed by atoms with Gasteiger partial charge in [-0.25, -0.2) is 9.37 Å². The Morgan fingerprint density at radius 3 is 2.66 bits per heavy atom. The van der Waals surface area contributed by atoms with Gasteiger partial charge < -0.3 is 9.64 Å². The van der Waals surface area contributed by atoms with Crippen molar-refractivity contribution < 1.29 is 27.1 Å². The van der Waals surface area contributed by atoms with Gasteiger partial charge in [-0.3, -0.25) is 14.8 Å². The van der Waals surface area contributed by atoms with Crippen molar-refractivity contribution in [2.45, 2.75) is 38.1 Å². The lowest BCUT2D eigenvalue weighted by Crippen LogP contribution is -2.59. The van der Waals surface area contributed by atoms with Gasteiger partial charge in [0.15, 0.2) is 5.82 Å². The number of halogens is 4. The normalized spacial score (nSPS) is 26.5. The predicted octanol–water partition coefficient (Wildman–Crippen LogP) is 4.69. The molecule has 0 bridgehead atoms. The van der Waals surface area contributed by atoms with Gasteiger partial charge in [0.1, 0.15) is 17.5 Å². The number of hydrogen-bond acceptors (Lipinski definition) is 5. The molecule has 1 amide bonds. The first kappa shape index (κ1) is 21.9. The number of aromatic nitrogens is 3. The summed E-state index contributed by atoms with van der Waals surface area (Å²) in [4.78, 5) is 27.7. The summed E-state index contributed by atoms with van der Waals surface area (Å²) in [5, 5.41) is 0. The highest BCUT2D eigenvalue weighted by Gasteiger charge is 2.76. The standard InChI is InChI=1S/C25H20F4N4O2/c1-13-7-16(20(32-10-13)21-17(26)3-2-6-30-21)23(34)33-12-15-8-24(15)9-18(22(24)33)35-19-5-4-14(11-31-19)25(27,28)29/h2-7,10-11,15,18,22H,8-9,12H2,1H3. The third-order valence-electron chi connectivity index (χ3n) is 7.39. The molecule has 10 heteroatoms. The monoisotopic (exact) mass is 484 g/mol. The van der Waals surface area contributed by atoms with E-state index in [9.17, 15) is 22.4 Å². The SMILES string of the molecule is Cc1cnc(-c2ncccc2F)c(C(=O)N2CC3CC34CC(Oc3ccc(C(F)(F)F)cn3)C24)c1. The molecule has 3 aromatic heterocycles. The van der Waals surface area contributed by atoms with Crippen LogP contribution in [0.3, 0.4) is 0 Å². The van der Waals surface area contributed by atoms with Gasteiger partial charge in [0, 0.05) is 36.6 Å². The zero-order chi connectivity index (χ0) is 24.5. The molecular formula is C25H20F4N4O2. The van der Waals surface area contributed by atoms with Crippen LogP contribution in [0.1, 0.15) is 34.3 Å². The van der Waals surface area contributed by atoms with E-state index in [1.807, 2.05) is 0 Å². The van der Waals surface area contributed by atoms with Crippen molar-refractivity contribution in [1.82, 2.24) is 19.9 Å². The van der Waals surface area contributed by atoms with Crippen molar-refractivity contribution in [2.24, 2.45) is 11.3 Å². The maximum atomic E-state index is 14.5. The van der Waals surface area contributed by atoms with E-state index in [0.717, 1.165) is 24.2 Å². The van der Waals surface area contributed by atoms with E-state index in [4.69, 9.17) is 4.74 Å². The summed E-state index contributed by atoms with van der Waals surface area (Å²) in [6.07, 6.45) is 0.583. The topological polar surface area (TPSA) is 68.2 Å². The van der Waals surface area contributed by atoms with E-state index in [0.29, 0.717) is 18.9 Å². The highest BCUT2D eigenvalue weighted by atomic mass is 19.4. The fraction of sp³-hybridized carbons (Fsp3) is 0.360. The van der Waals surface area contributed by atoms with Crippen LogP contribution in [-0.2, 0) is 6.18 Å². The number of likely N-dealkylation sites (tertiary alicyclic amines) is 1. The van der Waals surface area contributed by atoms with E-state index in [1.165, 1.54) is 24.4 Å². The fourth-order valence-electron chi connectivity index (χ4n) is 5.66. The summed E-state index contributed by atoms with van der Waals surface area (Å²) in [5.41, 5.74) is 0.316. The number of alkyl halides is 3. The van der Waals surface area contributed by atoms with Crippen LogP contribution >= 0.6 is 0 Å². The lowest BCUT2D eigenvalue weighted by Gasteiger charge is -2.47. The van der Waals surface area contributed by atoms with Crippen LogP contribution in [0.2, 0.25) is 0 Å². The average Bonchev–Trinajstić information content (AvgIpc) is 3.47. The van der Waals surface area contributed by atoms with Gasteiger partial charge >= 0.3 is 6.18 Å². The number of rotatable bonds is 4. The minimum atomic E-state index is -4.48. The second-order valence-electron chi connectivity index (χ2n) is 9.52. The van der Waals surface area contributed by atoms with Gasteiger partial charge in [0.25, 0.3) is 5.91 Å². The Morgan fingerprint density at radius 1 is 1.11 bits per heavy atom. The highest BCUT2D eigenvalue weighted by Crippen LogP contribution is 2.71. The minimum Gasteiger partial charge on any atom is -0.472 e. The zero-order valence-corrected chi connectivity index (χ0v) is 18.6. The summed E-state index contributed by atoms with van der Waals surface area (Å²) in [6.45, 7) is 2.35. The number of pyridine rings is 3. The van der Waals surface area contributed by atoms with E-state index in [-0.39, 0.29) is 46.3 Å². The third-order valence-corrected chi connectivity index (χ3v) is 7.39. The lowest BCUT2D eigenvalue weighted by atomic mass is 9.73. The zero-order valence-electron chi connectivity index (χ0n) is 18.6. The molecule has 0 aromatic carbocycles. The van der Waals surface area contributed by atoms with Crippen molar-refractivity contribution in [3.05, 3.63) is 71.4 Å². The van der Waals surface area contributed by atoms with Crippen LogP contribution in [0.4, 0.5) is 17.6 Å². The van der Waals surface area contributed by atoms with Gasteiger partial charge in [-0.05, 0) is 55.5 Å². The second kappa shape index (κ2) is 7.47. The molecule has 4 unspecified atom stereocenters. The molecule has 3 aromatic rings. The van der Waals surface area contributed by atoms with Gasteiger partial charge in [-0.15, -0.1) is 0 Å². The lowest BCUT2D eigenvalue weighted by molar-refractivity contribution is -0.137. The number of ether oxygens (including phenoxy) is 1. The van der Waals surface area contributed by atoms with Gasteiger partial charge in [0.05, 0.1) is 17.2 Å². The molecule has 3 fully saturated rings. The van der Waals surface area contributed by atoms with E-state index in [2.05, 4.69) is 15.0 Å². The number of hydrogen-bond donors (Lipinski definition) is 0. The molecule has 0 radical (unpaired) electrons. The summed E-state index contributed by atoms with van der Waals surface area (Å²) in [5.74, 6) is -0.420. The first-order chi connectivity index (χ1) is 16.7. The number of nitrogens with zero attached hydrogens (tertiary/aromatic N) is 4. The van der Waals surface area contributed by atoms with Crippen molar-refractivity contribution >= 4 is 5.91 Å². The molecule has 35 heavy (non-hydrogen) atoms. The van der Waals surface area contributed by atoms with E-state index in [1.54, 1.807) is 24.1 Å². The fourth-order valence-corrected chi connectivity index (χ4v) is 5.66. The van der Waals surface area contributed by atoms with Crippen LogP contribution in [0.25, 0.3) is 11.4 Å². The first-order valence-electron chi connectivity index (χ1n) is 11.3. The molecule has 1 aliphatic heterocycles. The molecule has 3 aliphatic rings. The average molecular weight is 484 g/mol. The van der Waals surface area contributed by atoms with E-state index >= 15 is 0 Å². The molecule has 1 saturated heterocycles. The molecule has 4 heterocycles. The molecule has 4 atom stereocenters. The number of carbonyl (C=O) groups is 1. The number of amides is 1. The number of piperidine rings is 1. The summed E-state index contributed by atoms with van der Waals surface area (Å²) in [7, 11) is 0. The first-order valence-corrected chi connectivity index (χ1v) is 11.3. The Labute approximate surface area is 198 Å². The van der Waals surface area contributed by atoms with E-state index < -0.39 is 17.6 Å². The Kier molecular flexibility index (Phi) is 4.68. The Hall–Kier alpha value is -3.56. The summed E-state index contributed by atoms with van der Waals surface area (Å²) < 4.78 is 59.0. The Bertz CT molecular complexity index is 1330. The smallest absolute Gasteiger partial charge is 0.417 e. The van der Waals surface area contributed by atoms with Crippen molar-refractivity contribution in [3.8, 4) is 17.3 Å². The quantitative estimate of drug-likeness (QED) is 0.503. The Morgan fingerprint density at radius 2 is 1.94 bits per heavy atom. The van der Waals surface area contributed by atoms with Crippen LogP contribution < -0.4 is 4.74 Å². The highest BCUT2D eigenvalue weighted by molar-refractivity contribution is 6.00. The molecule has 1 spiro atoms. The van der Waals surface area contributed by atoms with Gasteiger partial charge in [0.2, 0.25) is 5.88 Å². The largest absolute Gasteiger partial charge is 0.472 e. The van der Waals surface area contributed by atoms with Crippen molar-refractivity contribution in [3.63, 3.8) is 0 Å². The maximum absolute atomic E-state index is 14.5. The summed E-state index contributed by atoms with van der Waals surface area (Å²) in [6, 6.07) is 6.32. The molecule has 0 N–H and O–H groups in total. The summed E-state index contributed by atoms with van der Waals surface area (Å²) >= 11 is 0. The molecule has 180 valence electrons. The molecular weight excluding hydrogens is 464 g/mol. The van der Waals surface area contributed by atoms with Gasteiger partial charge in [-0.1, -0.05) is 0 Å².